The summed E-state index contributed by atoms with van der Waals surface area (Å²) in [6, 6.07) is 10.6. The number of hydrogen-bond acceptors (Lipinski definition) is 5. The first kappa shape index (κ1) is 19.8. The maximum absolute atomic E-state index is 12.3. The van der Waals surface area contributed by atoms with E-state index in [0.717, 1.165) is 23.1 Å². The van der Waals surface area contributed by atoms with Crippen LogP contribution >= 0.6 is 0 Å². The number of para-hydroxylation sites is 1. The van der Waals surface area contributed by atoms with Crippen molar-refractivity contribution in [3.05, 3.63) is 47.5 Å². The number of rotatable bonds is 7. The predicted octanol–water partition coefficient (Wildman–Crippen LogP) is 3.16. The fourth-order valence-electron chi connectivity index (χ4n) is 2.48. The van der Waals surface area contributed by atoms with E-state index in [1.807, 2.05) is 32.0 Å². The summed E-state index contributed by atoms with van der Waals surface area (Å²) in [5.74, 6) is 0.00273. The Kier molecular flexibility index (Phi) is 6.26. The van der Waals surface area contributed by atoms with Crippen LogP contribution in [-0.2, 0) is 14.6 Å². The number of carbonyl (C=O) groups excluding carboxylic acids is 1. The van der Waals surface area contributed by atoms with Crippen LogP contribution in [0.5, 0.6) is 5.75 Å². The number of sulfone groups is 1. The van der Waals surface area contributed by atoms with Gasteiger partial charge in [0.25, 0.3) is 0 Å². The van der Waals surface area contributed by atoms with Gasteiger partial charge in [-0.3, -0.25) is 4.79 Å². The lowest BCUT2D eigenvalue weighted by atomic mass is 10.1. The van der Waals surface area contributed by atoms with Crippen LogP contribution < -0.4 is 15.4 Å². The molecule has 140 valence electrons. The van der Waals surface area contributed by atoms with Crippen LogP contribution in [0.1, 0.15) is 18.1 Å². The van der Waals surface area contributed by atoms with Gasteiger partial charge in [-0.25, -0.2) is 8.42 Å². The van der Waals surface area contributed by atoms with E-state index >= 15 is 0 Å². The third kappa shape index (κ3) is 4.98. The van der Waals surface area contributed by atoms with Gasteiger partial charge in [-0.05, 0) is 50.1 Å². The fraction of sp³-hybridized carbons (Fsp3) is 0.316. The smallest absolute Gasteiger partial charge is 0.243 e. The summed E-state index contributed by atoms with van der Waals surface area (Å²) in [6.45, 7) is 5.95. The Morgan fingerprint density at radius 3 is 2.50 bits per heavy atom. The van der Waals surface area contributed by atoms with Gasteiger partial charge in [0.15, 0.2) is 15.6 Å². The molecule has 0 atom stereocenters. The Morgan fingerprint density at radius 2 is 1.85 bits per heavy atom. The number of hydrogen-bond donors (Lipinski definition) is 2. The van der Waals surface area contributed by atoms with E-state index in [-0.39, 0.29) is 23.1 Å². The van der Waals surface area contributed by atoms with Crippen molar-refractivity contribution in [3.8, 4) is 5.75 Å². The van der Waals surface area contributed by atoms with Crippen LogP contribution in [0.15, 0.2) is 41.3 Å². The van der Waals surface area contributed by atoms with Gasteiger partial charge in [0.2, 0.25) is 5.91 Å². The summed E-state index contributed by atoms with van der Waals surface area (Å²) in [6.07, 6.45) is 1.13. The van der Waals surface area contributed by atoms with Crippen LogP contribution in [0.25, 0.3) is 0 Å². The molecule has 0 radical (unpaired) electrons. The van der Waals surface area contributed by atoms with Crippen molar-refractivity contribution >= 4 is 27.1 Å². The number of anilines is 2. The van der Waals surface area contributed by atoms with Crippen molar-refractivity contribution in [1.82, 2.24) is 0 Å². The second-order valence-corrected chi connectivity index (χ2v) is 8.04. The number of carbonyl (C=O) groups is 1. The highest BCUT2D eigenvalue weighted by Gasteiger charge is 2.18. The zero-order valence-electron chi connectivity index (χ0n) is 15.4. The summed E-state index contributed by atoms with van der Waals surface area (Å²) >= 11 is 0. The second-order valence-electron chi connectivity index (χ2n) is 6.06. The molecule has 2 aromatic carbocycles. The van der Waals surface area contributed by atoms with E-state index in [1.54, 1.807) is 19.1 Å². The molecule has 0 saturated carbocycles. The molecule has 0 spiro atoms. The average molecular weight is 376 g/mol. The highest BCUT2D eigenvalue weighted by atomic mass is 32.2. The van der Waals surface area contributed by atoms with Gasteiger partial charge >= 0.3 is 0 Å². The van der Waals surface area contributed by atoms with Gasteiger partial charge in [-0.15, -0.1) is 0 Å². The van der Waals surface area contributed by atoms with Crippen LogP contribution in [0.4, 0.5) is 11.4 Å². The number of ether oxygens (including phenoxy) is 1. The SMILES string of the molecule is CCOc1c(NCC(=O)Nc2cc(C)ccc2C)cccc1S(C)(=O)=O. The summed E-state index contributed by atoms with van der Waals surface area (Å²) in [7, 11) is -3.44. The van der Waals surface area contributed by atoms with Gasteiger partial charge in [0.05, 0.1) is 18.8 Å². The van der Waals surface area contributed by atoms with Gasteiger partial charge in [-0.1, -0.05) is 18.2 Å². The molecule has 0 unspecified atom stereocenters. The lowest BCUT2D eigenvalue weighted by Crippen LogP contribution is -2.22. The number of amides is 1. The Balaban J connectivity index is 2.16. The van der Waals surface area contributed by atoms with E-state index in [9.17, 15) is 13.2 Å². The minimum atomic E-state index is -3.44. The van der Waals surface area contributed by atoms with E-state index in [2.05, 4.69) is 10.6 Å². The van der Waals surface area contributed by atoms with Crippen molar-refractivity contribution < 1.29 is 17.9 Å². The normalized spacial score (nSPS) is 11.1. The molecule has 0 heterocycles. The van der Waals surface area contributed by atoms with Crippen LogP contribution in [-0.4, -0.2) is 33.7 Å². The molecule has 6 nitrogen and oxygen atoms in total. The van der Waals surface area contributed by atoms with Gasteiger partial charge in [0.1, 0.15) is 4.90 Å². The monoisotopic (exact) mass is 376 g/mol. The van der Waals surface area contributed by atoms with Crippen molar-refractivity contribution in [3.63, 3.8) is 0 Å². The maximum Gasteiger partial charge on any atom is 0.243 e. The Labute approximate surface area is 154 Å². The third-order valence-corrected chi connectivity index (χ3v) is 4.89. The highest BCUT2D eigenvalue weighted by Crippen LogP contribution is 2.32. The molecule has 0 aliphatic heterocycles. The number of aryl methyl sites for hydroxylation is 2. The van der Waals surface area contributed by atoms with Gasteiger partial charge < -0.3 is 15.4 Å². The standard InChI is InChI=1S/C19H24N2O4S/c1-5-25-19-15(7-6-8-17(19)26(4,23)24)20-12-18(22)21-16-11-13(2)9-10-14(16)3/h6-11,20H,5,12H2,1-4H3,(H,21,22). The summed E-state index contributed by atoms with van der Waals surface area (Å²) in [5, 5.41) is 5.82. The molecule has 2 N–H and O–H groups in total. The quantitative estimate of drug-likeness (QED) is 0.775. The topological polar surface area (TPSA) is 84.5 Å². The first-order valence-corrected chi connectivity index (χ1v) is 10.2. The zero-order chi connectivity index (χ0) is 19.3. The van der Waals surface area contributed by atoms with Gasteiger partial charge in [0, 0.05) is 11.9 Å². The van der Waals surface area contributed by atoms with Crippen LogP contribution in [0.3, 0.4) is 0 Å². The molecule has 0 aliphatic carbocycles. The first-order chi connectivity index (χ1) is 12.2. The minimum Gasteiger partial charge on any atom is -0.490 e. The number of benzene rings is 2. The highest BCUT2D eigenvalue weighted by molar-refractivity contribution is 7.90. The van der Waals surface area contributed by atoms with Gasteiger partial charge in [-0.2, -0.15) is 0 Å². The van der Waals surface area contributed by atoms with E-state index in [1.165, 1.54) is 6.07 Å². The molecule has 26 heavy (non-hydrogen) atoms. The molecule has 0 saturated heterocycles. The van der Waals surface area contributed by atoms with E-state index < -0.39 is 9.84 Å². The summed E-state index contributed by atoms with van der Waals surface area (Å²) < 4.78 is 29.4. The first-order valence-electron chi connectivity index (χ1n) is 8.29. The molecule has 7 heteroatoms. The second kappa shape index (κ2) is 8.23. The minimum absolute atomic E-state index is 0.0132. The van der Waals surface area contributed by atoms with Crippen molar-refractivity contribution in [1.29, 1.82) is 0 Å². The Morgan fingerprint density at radius 1 is 1.12 bits per heavy atom. The lowest BCUT2D eigenvalue weighted by molar-refractivity contribution is -0.114. The molecular formula is C19H24N2O4S. The maximum atomic E-state index is 12.3. The van der Waals surface area contributed by atoms with Crippen LogP contribution in [0, 0.1) is 13.8 Å². The molecule has 0 fully saturated rings. The average Bonchev–Trinajstić information content (AvgIpc) is 2.56. The molecule has 0 aromatic heterocycles. The lowest BCUT2D eigenvalue weighted by Gasteiger charge is -2.16. The van der Waals surface area contributed by atoms with Crippen molar-refractivity contribution in [2.24, 2.45) is 0 Å². The largest absolute Gasteiger partial charge is 0.490 e. The molecule has 2 rings (SSSR count). The van der Waals surface area contributed by atoms with Crippen molar-refractivity contribution in [2.75, 3.05) is 30.0 Å². The summed E-state index contributed by atoms with van der Waals surface area (Å²) in [5.41, 5.74) is 3.24. The molecule has 0 bridgehead atoms. The summed E-state index contributed by atoms with van der Waals surface area (Å²) in [4.78, 5) is 12.4. The van der Waals surface area contributed by atoms with E-state index in [4.69, 9.17) is 4.74 Å². The number of nitrogens with one attached hydrogen (secondary N) is 2. The Bertz CT molecular complexity index is 908. The van der Waals surface area contributed by atoms with Crippen molar-refractivity contribution in [2.45, 2.75) is 25.7 Å². The zero-order valence-corrected chi connectivity index (χ0v) is 16.2. The Hall–Kier alpha value is -2.54. The van der Waals surface area contributed by atoms with Crippen LogP contribution in [0.2, 0.25) is 0 Å². The fourth-order valence-corrected chi connectivity index (χ4v) is 3.31. The third-order valence-electron chi connectivity index (χ3n) is 3.77. The predicted molar refractivity (Wildman–Crippen MR) is 104 cm³/mol. The molecule has 0 aliphatic rings. The molecule has 2 aromatic rings. The molecule has 1 amide bonds. The molecular weight excluding hydrogens is 352 g/mol. The van der Waals surface area contributed by atoms with E-state index in [0.29, 0.717) is 12.3 Å².